The van der Waals surface area contributed by atoms with E-state index in [1.54, 1.807) is 7.11 Å². The van der Waals surface area contributed by atoms with Crippen LogP contribution in [-0.4, -0.2) is 69.4 Å². The van der Waals surface area contributed by atoms with E-state index in [1.165, 1.54) is 0 Å². The number of carboxylic acids is 1. The Hall–Kier alpha value is -2.21. The monoisotopic (exact) mass is 443 g/mol. The predicted molar refractivity (Wildman–Crippen MR) is 107 cm³/mol. The Labute approximate surface area is 175 Å². The highest BCUT2D eigenvalue weighted by Gasteiger charge is 2.33. The average Bonchev–Trinajstić information content (AvgIpc) is 3.31. The number of anilines is 1. The van der Waals surface area contributed by atoms with Crippen LogP contribution >= 0.6 is 22.9 Å². The van der Waals surface area contributed by atoms with Crippen LogP contribution in [0.1, 0.15) is 45.0 Å². The standard InChI is InChI=1S/C17H22ClN5O5S/c1-3-8-13(18)22-14(19-8)15(25)20-9-4-5-23(6-11(9)28-2)17-21-10(7-24)12(29-17)16(26)27/h9,11,24H,3-7H2,1-2H3,(H,19,22)(H,20,25)(H,26,27)/t9-,11+/m1/s1. The number of H-pyrrole nitrogens is 1. The number of aromatic amines is 1. The summed E-state index contributed by atoms with van der Waals surface area (Å²) >= 11 is 7.02. The molecule has 12 heteroatoms. The molecule has 0 radical (unpaired) electrons. The highest BCUT2D eigenvalue weighted by molar-refractivity contribution is 7.17. The van der Waals surface area contributed by atoms with Crippen molar-refractivity contribution in [3.8, 4) is 0 Å². The van der Waals surface area contributed by atoms with Crippen LogP contribution in [0.25, 0.3) is 0 Å². The number of aliphatic hydroxyl groups is 1. The Morgan fingerprint density at radius 3 is 2.76 bits per heavy atom. The third-order valence-corrected chi connectivity index (χ3v) is 6.23. The molecule has 2 aromatic rings. The zero-order valence-electron chi connectivity index (χ0n) is 15.9. The lowest BCUT2D eigenvalue weighted by atomic mass is 10.0. The Balaban J connectivity index is 1.69. The van der Waals surface area contributed by atoms with Crippen molar-refractivity contribution in [2.24, 2.45) is 0 Å². The summed E-state index contributed by atoms with van der Waals surface area (Å²) in [6, 6.07) is -0.256. The number of hydrogen-bond acceptors (Lipinski definition) is 8. The molecule has 0 spiro atoms. The van der Waals surface area contributed by atoms with E-state index in [0.29, 0.717) is 36.8 Å². The number of aromatic nitrogens is 3. The fourth-order valence-electron chi connectivity index (χ4n) is 3.21. The maximum Gasteiger partial charge on any atom is 0.347 e. The maximum atomic E-state index is 12.5. The molecule has 1 saturated heterocycles. The van der Waals surface area contributed by atoms with Crippen LogP contribution in [0.3, 0.4) is 0 Å². The molecule has 1 amide bonds. The number of nitrogens with zero attached hydrogens (tertiary/aromatic N) is 3. The second-order valence-corrected chi connectivity index (χ2v) is 7.87. The van der Waals surface area contributed by atoms with E-state index in [2.05, 4.69) is 20.3 Å². The first-order valence-electron chi connectivity index (χ1n) is 9.04. The molecule has 29 heavy (non-hydrogen) atoms. The molecule has 2 atom stereocenters. The van der Waals surface area contributed by atoms with Crippen molar-refractivity contribution in [1.29, 1.82) is 0 Å². The van der Waals surface area contributed by atoms with Crippen molar-refractivity contribution in [1.82, 2.24) is 20.3 Å². The van der Waals surface area contributed by atoms with Crippen LogP contribution in [0.2, 0.25) is 5.15 Å². The number of hydrogen-bond donors (Lipinski definition) is 4. The minimum Gasteiger partial charge on any atom is -0.477 e. The number of halogens is 1. The number of ether oxygens (including phenoxy) is 1. The number of aryl methyl sites for hydroxylation is 1. The Bertz CT molecular complexity index is 901. The van der Waals surface area contributed by atoms with Crippen molar-refractivity contribution in [3.63, 3.8) is 0 Å². The van der Waals surface area contributed by atoms with Crippen LogP contribution in [0.15, 0.2) is 0 Å². The fraction of sp³-hybridized carbons (Fsp3) is 0.529. The highest BCUT2D eigenvalue weighted by atomic mass is 35.5. The smallest absolute Gasteiger partial charge is 0.347 e. The van der Waals surface area contributed by atoms with Gasteiger partial charge >= 0.3 is 5.97 Å². The third-order valence-electron chi connectivity index (χ3n) is 4.78. The molecule has 0 saturated carbocycles. The van der Waals surface area contributed by atoms with E-state index < -0.39 is 12.6 Å². The van der Waals surface area contributed by atoms with Gasteiger partial charge in [-0.15, -0.1) is 0 Å². The number of piperidine rings is 1. The van der Waals surface area contributed by atoms with Crippen LogP contribution in [0.4, 0.5) is 5.13 Å². The number of thiazole rings is 1. The molecule has 3 rings (SSSR count). The Morgan fingerprint density at radius 2 is 2.21 bits per heavy atom. The Kier molecular flexibility index (Phi) is 6.73. The molecule has 4 N–H and O–H groups in total. The van der Waals surface area contributed by atoms with Gasteiger partial charge in [-0.25, -0.2) is 14.8 Å². The molecule has 1 aliphatic rings. The second-order valence-electron chi connectivity index (χ2n) is 6.53. The van der Waals surface area contributed by atoms with E-state index in [4.69, 9.17) is 16.3 Å². The summed E-state index contributed by atoms with van der Waals surface area (Å²) in [6.45, 7) is 2.43. The number of carbonyl (C=O) groups is 2. The van der Waals surface area contributed by atoms with Crippen molar-refractivity contribution >= 4 is 39.9 Å². The summed E-state index contributed by atoms with van der Waals surface area (Å²) in [5.41, 5.74) is 0.843. The first-order valence-corrected chi connectivity index (χ1v) is 10.2. The number of rotatable bonds is 7. The minimum absolute atomic E-state index is 0.0216. The van der Waals surface area contributed by atoms with Crippen molar-refractivity contribution in [3.05, 3.63) is 27.2 Å². The van der Waals surface area contributed by atoms with Crippen molar-refractivity contribution < 1.29 is 24.5 Å². The van der Waals surface area contributed by atoms with E-state index in [9.17, 15) is 19.8 Å². The number of amides is 1. The number of imidazole rings is 1. The van der Waals surface area contributed by atoms with Crippen molar-refractivity contribution in [2.75, 3.05) is 25.1 Å². The van der Waals surface area contributed by atoms with Gasteiger partial charge in [-0.2, -0.15) is 0 Å². The van der Waals surface area contributed by atoms with Crippen LogP contribution in [-0.2, 0) is 17.8 Å². The second kappa shape index (κ2) is 9.08. The van der Waals surface area contributed by atoms with E-state index in [0.717, 1.165) is 11.3 Å². The molecular formula is C17H22ClN5O5S. The molecule has 0 unspecified atom stereocenters. The van der Waals surface area contributed by atoms with Gasteiger partial charge in [0.25, 0.3) is 5.91 Å². The van der Waals surface area contributed by atoms with Gasteiger partial charge in [0.2, 0.25) is 0 Å². The first kappa shape index (κ1) is 21.5. The number of nitrogens with one attached hydrogen (secondary N) is 2. The number of methoxy groups -OCH3 is 1. The molecule has 158 valence electrons. The van der Waals surface area contributed by atoms with E-state index >= 15 is 0 Å². The van der Waals surface area contributed by atoms with Gasteiger partial charge in [0, 0.05) is 20.2 Å². The molecule has 0 bridgehead atoms. The summed E-state index contributed by atoms with van der Waals surface area (Å²) < 4.78 is 5.55. The minimum atomic E-state index is -1.12. The van der Waals surface area contributed by atoms with E-state index in [-0.39, 0.29) is 39.6 Å². The molecular weight excluding hydrogens is 422 g/mol. The molecule has 3 heterocycles. The van der Waals surface area contributed by atoms with Gasteiger partial charge in [0.05, 0.1) is 30.1 Å². The summed E-state index contributed by atoms with van der Waals surface area (Å²) in [5, 5.41) is 22.3. The normalized spacial score (nSPS) is 19.4. The first-order chi connectivity index (χ1) is 13.9. The molecule has 1 fully saturated rings. The van der Waals surface area contributed by atoms with E-state index in [1.807, 2.05) is 11.8 Å². The number of carboxylic acid groups (broad SMARTS) is 1. The SMILES string of the molecule is CCc1[nH]c(C(=O)N[C@@H]2CCN(c3nc(CO)c(C(=O)O)s3)C[C@@H]2OC)nc1Cl. The zero-order chi connectivity index (χ0) is 21.1. The zero-order valence-corrected chi connectivity index (χ0v) is 17.5. The fourth-order valence-corrected chi connectivity index (χ4v) is 4.42. The molecule has 10 nitrogen and oxygen atoms in total. The van der Waals surface area contributed by atoms with Gasteiger partial charge in [0.1, 0.15) is 4.88 Å². The van der Waals surface area contributed by atoms with Gasteiger partial charge < -0.3 is 30.2 Å². The lowest BCUT2D eigenvalue weighted by Crippen LogP contribution is -2.55. The summed E-state index contributed by atoms with van der Waals surface area (Å²) in [6.07, 6.45) is 0.870. The van der Waals surface area contributed by atoms with Gasteiger partial charge in [-0.05, 0) is 12.8 Å². The molecule has 2 aromatic heterocycles. The number of carbonyl (C=O) groups excluding carboxylic acids is 1. The summed E-state index contributed by atoms with van der Waals surface area (Å²) in [5.74, 6) is -1.33. The molecule has 1 aliphatic heterocycles. The molecule has 0 aliphatic carbocycles. The lowest BCUT2D eigenvalue weighted by Gasteiger charge is -2.37. The van der Waals surface area contributed by atoms with Gasteiger partial charge in [-0.1, -0.05) is 29.9 Å². The van der Waals surface area contributed by atoms with Gasteiger partial charge in [-0.3, -0.25) is 4.79 Å². The topological polar surface area (TPSA) is 141 Å². The lowest BCUT2D eigenvalue weighted by molar-refractivity contribution is 0.0538. The Morgan fingerprint density at radius 1 is 1.45 bits per heavy atom. The predicted octanol–water partition coefficient (Wildman–Crippen LogP) is 1.30. The third kappa shape index (κ3) is 4.53. The van der Waals surface area contributed by atoms with Crippen LogP contribution < -0.4 is 10.2 Å². The van der Waals surface area contributed by atoms with Crippen LogP contribution in [0.5, 0.6) is 0 Å². The van der Waals surface area contributed by atoms with Crippen molar-refractivity contribution in [2.45, 2.75) is 38.5 Å². The largest absolute Gasteiger partial charge is 0.477 e. The van der Waals surface area contributed by atoms with Gasteiger partial charge in [0.15, 0.2) is 16.1 Å². The number of aliphatic hydroxyl groups excluding tert-OH is 1. The number of aromatic carboxylic acids is 1. The highest BCUT2D eigenvalue weighted by Crippen LogP contribution is 2.29. The maximum absolute atomic E-state index is 12.5. The summed E-state index contributed by atoms with van der Waals surface area (Å²) in [4.78, 5) is 37.0. The van der Waals surface area contributed by atoms with Crippen LogP contribution in [0, 0.1) is 0 Å². The average molecular weight is 444 g/mol. The summed E-state index contributed by atoms with van der Waals surface area (Å²) in [7, 11) is 1.55. The molecule has 0 aromatic carbocycles. The quantitative estimate of drug-likeness (QED) is 0.501.